The van der Waals surface area contributed by atoms with Crippen molar-refractivity contribution in [2.75, 3.05) is 12.4 Å². The maximum Gasteiger partial charge on any atom is 0.188 e. The van der Waals surface area contributed by atoms with Crippen LogP contribution in [0.25, 0.3) is 16.8 Å². The summed E-state index contributed by atoms with van der Waals surface area (Å²) in [5.41, 5.74) is 2.80. The lowest BCUT2D eigenvalue weighted by molar-refractivity contribution is 0.104. The summed E-state index contributed by atoms with van der Waals surface area (Å²) in [4.78, 5) is 11.9. The molecule has 0 saturated heterocycles. The molecular weight excluding hydrogens is 198 g/mol. The number of hydrogen-bond acceptors (Lipinski definition) is 2. The van der Waals surface area contributed by atoms with Crippen molar-refractivity contribution in [3.63, 3.8) is 0 Å². The van der Waals surface area contributed by atoms with Gasteiger partial charge in [-0.1, -0.05) is 30.3 Å². The molecule has 0 fully saturated rings. The van der Waals surface area contributed by atoms with Crippen LogP contribution in [-0.2, 0) is 0 Å². The van der Waals surface area contributed by atoms with Crippen LogP contribution in [0.3, 0.4) is 0 Å². The van der Waals surface area contributed by atoms with E-state index >= 15 is 0 Å². The van der Waals surface area contributed by atoms with Gasteiger partial charge in [-0.15, -0.1) is 0 Å². The summed E-state index contributed by atoms with van der Waals surface area (Å²) in [5, 5.41) is 5.25. The van der Waals surface area contributed by atoms with Gasteiger partial charge in [-0.2, -0.15) is 0 Å². The highest BCUT2D eigenvalue weighted by Crippen LogP contribution is 2.33. The molecule has 78 valence electrons. The lowest BCUT2D eigenvalue weighted by Crippen LogP contribution is -2.06. The second-order valence-electron chi connectivity index (χ2n) is 3.88. The van der Waals surface area contributed by atoms with Gasteiger partial charge >= 0.3 is 0 Å². The van der Waals surface area contributed by atoms with Crippen LogP contribution < -0.4 is 5.32 Å². The van der Waals surface area contributed by atoms with Gasteiger partial charge in [-0.3, -0.25) is 4.79 Å². The van der Waals surface area contributed by atoms with Gasteiger partial charge in [0.1, 0.15) is 0 Å². The number of benzene rings is 2. The highest BCUT2D eigenvalue weighted by Gasteiger charge is 2.17. The highest BCUT2D eigenvalue weighted by atomic mass is 16.1. The minimum absolute atomic E-state index is 0.0775. The molecule has 0 radical (unpaired) electrons. The van der Waals surface area contributed by atoms with E-state index in [0.29, 0.717) is 0 Å². The van der Waals surface area contributed by atoms with Gasteiger partial charge in [-0.25, -0.2) is 0 Å². The summed E-state index contributed by atoms with van der Waals surface area (Å²) in [6.07, 6.45) is 3.52. The summed E-state index contributed by atoms with van der Waals surface area (Å²) in [6.45, 7) is 0. The molecule has 0 aliphatic heterocycles. The predicted octanol–water partition coefficient (Wildman–Crippen LogP) is 3.09. The van der Waals surface area contributed by atoms with Gasteiger partial charge in [-0.05, 0) is 23.1 Å². The average Bonchev–Trinajstić information content (AvgIpc) is 2.33. The lowest BCUT2D eigenvalue weighted by Gasteiger charge is -2.15. The maximum absolute atomic E-state index is 11.9. The molecule has 0 atom stereocenters. The fourth-order valence-corrected chi connectivity index (χ4v) is 2.26. The molecule has 1 N–H and O–H groups in total. The van der Waals surface area contributed by atoms with E-state index in [0.717, 1.165) is 27.6 Å². The fraction of sp³-hybridized carbons (Fsp3) is 0.0714. The smallest absolute Gasteiger partial charge is 0.188 e. The number of rotatable bonds is 1. The molecular formula is C14H11NO. The molecule has 0 spiro atoms. The molecule has 0 unspecified atom stereocenters. The summed E-state index contributed by atoms with van der Waals surface area (Å²) in [5.74, 6) is 0.0775. The summed E-state index contributed by atoms with van der Waals surface area (Å²) in [6, 6.07) is 10.1. The number of carbonyl (C=O) groups is 1. The Hall–Kier alpha value is -2.09. The zero-order valence-corrected chi connectivity index (χ0v) is 8.95. The van der Waals surface area contributed by atoms with Crippen molar-refractivity contribution < 1.29 is 4.79 Å². The van der Waals surface area contributed by atoms with Gasteiger partial charge in [0.15, 0.2) is 5.78 Å². The number of carbonyl (C=O) groups excluding carboxylic acids is 1. The third kappa shape index (κ3) is 1.10. The van der Waals surface area contributed by atoms with E-state index < -0.39 is 0 Å². The van der Waals surface area contributed by atoms with E-state index in [1.165, 1.54) is 0 Å². The van der Waals surface area contributed by atoms with Crippen molar-refractivity contribution in [3.05, 3.63) is 47.5 Å². The average molecular weight is 209 g/mol. The van der Waals surface area contributed by atoms with Crippen LogP contribution in [0.15, 0.2) is 36.4 Å². The molecule has 2 aromatic carbocycles. The van der Waals surface area contributed by atoms with E-state index in [-0.39, 0.29) is 5.78 Å². The monoisotopic (exact) mass is 209 g/mol. The maximum atomic E-state index is 11.9. The van der Waals surface area contributed by atoms with E-state index in [9.17, 15) is 4.79 Å². The minimum atomic E-state index is 0.0775. The summed E-state index contributed by atoms with van der Waals surface area (Å²) in [7, 11) is 1.84. The first-order chi connectivity index (χ1) is 7.81. The lowest BCUT2D eigenvalue weighted by atomic mass is 9.91. The third-order valence-electron chi connectivity index (χ3n) is 3.01. The molecule has 1 aliphatic rings. The molecule has 3 rings (SSSR count). The highest BCUT2D eigenvalue weighted by molar-refractivity contribution is 6.22. The topological polar surface area (TPSA) is 29.1 Å². The van der Waals surface area contributed by atoms with E-state index in [1.54, 1.807) is 6.08 Å². The van der Waals surface area contributed by atoms with Crippen LogP contribution in [-0.4, -0.2) is 12.8 Å². The van der Waals surface area contributed by atoms with Crippen LogP contribution >= 0.6 is 0 Å². The van der Waals surface area contributed by atoms with Gasteiger partial charge in [0.25, 0.3) is 0 Å². The Morgan fingerprint density at radius 1 is 1.06 bits per heavy atom. The van der Waals surface area contributed by atoms with Crippen molar-refractivity contribution in [2.45, 2.75) is 0 Å². The van der Waals surface area contributed by atoms with E-state index in [1.807, 2.05) is 43.5 Å². The molecule has 0 aromatic heterocycles. The Kier molecular flexibility index (Phi) is 1.83. The zero-order valence-electron chi connectivity index (χ0n) is 8.95. The summed E-state index contributed by atoms with van der Waals surface area (Å²) < 4.78 is 0. The molecule has 16 heavy (non-hydrogen) atoms. The van der Waals surface area contributed by atoms with Crippen molar-refractivity contribution in [1.29, 1.82) is 0 Å². The first-order valence-corrected chi connectivity index (χ1v) is 5.27. The molecule has 1 aliphatic carbocycles. The number of ketones is 1. The number of nitrogens with one attached hydrogen (secondary N) is 1. The molecule has 0 saturated carbocycles. The quantitative estimate of drug-likeness (QED) is 0.782. The largest absolute Gasteiger partial charge is 0.388 e. The molecule has 0 bridgehead atoms. The van der Waals surface area contributed by atoms with Gasteiger partial charge in [0, 0.05) is 18.1 Å². The second kappa shape index (κ2) is 3.20. The molecule has 0 amide bonds. The standard InChI is InChI=1S/C14H11NO/c1-15-11-7-5-9-3-2-4-10-6-8-12(16)14(11)13(9)10/h2-8,15H,1H3. The summed E-state index contributed by atoms with van der Waals surface area (Å²) >= 11 is 0. The number of anilines is 1. The van der Waals surface area contributed by atoms with Crippen LogP contribution in [0.1, 0.15) is 15.9 Å². The van der Waals surface area contributed by atoms with Gasteiger partial charge in [0.2, 0.25) is 0 Å². The Balaban J connectivity index is 2.53. The van der Waals surface area contributed by atoms with Crippen LogP contribution in [0, 0.1) is 0 Å². The minimum Gasteiger partial charge on any atom is -0.388 e. The van der Waals surface area contributed by atoms with Crippen LogP contribution in [0.5, 0.6) is 0 Å². The molecule has 2 heteroatoms. The van der Waals surface area contributed by atoms with E-state index in [4.69, 9.17) is 0 Å². The van der Waals surface area contributed by atoms with Gasteiger partial charge < -0.3 is 5.32 Å². The first kappa shape index (κ1) is 9.16. The van der Waals surface area contributed by atoms with Crippen LogP contribution in [0.2, 0.25) is 0 Å². The Morgan fingerprint density at radius 3 is 2.75 bits per heavy atom. The Morgan fingerprint density at radius 2 is 1.94 bits per heavy atom. The first-order valence-electron chi connectivity index (χ1n) is 5.27. The van der Waals surface area contributed by atoms with Crippen molar-refractivity contribution in [1.82, 2.24) is 0 Å². The van der Waals surface area contributed by atoms with Crippen LogP contribution in [0.4, 0.5) is 5.69 Å². The number of hydrogen-bond donors (Lipinski definition) is 1. The van der Waals surface area contributed by atoms with Crippen molar-refractivity contribution in [2.24, 2.45) is 0 Å². The van der Waals surface area contributed by atoms with Gasteiger partial charge in [0.05, 0.1) is 5.56 Å². The molecule has 0 heterocycles. The SMILES string of the molecule is CNc1ccc2cccc3c2c1C(=O)C=C3. The second-order valence-corrected chi connectivity index (χ2v) is 3.88. The normalized spacial score (nSPS) is 13.2. The Labute approximate surface area is 93.6 Å². The predicted molar refractivity (Wildman–Crippen MR) is 66.9 cm³/mol. The third-order valence-corrected chi connectivity index (χ3v) is 3.01. The van der Waals surface area contributed by atoms with Crippen molar-refractivity contribution >= 4 is 28.3 Å². The van der Waals surface area contributed by atoms with Crippen molar-refractivity contribution in [3.8, 4) is 0 Å². The zero-order chi connectivity index (χ0) is 11.1. The number of allylic oxidation sites excluding steroid dienone is 1. The Bertz CT molecular complexity index is 626. The van der Waals surface area contributed by atoms with E-state index in [2.05, 4.69) is 5.32 Å². The molecule has 2 nitrogen and oxygen atoms in total. The fourth-order valence-electron chi connectivity index (χ4n) is 2.26. The molecule has 2 aromatic rings.